The molecule has 5 nitrogen and oxygen atoms in total. The molecule has 1 aromatic heterocycles. The molecule has 0 spiro atoms. The lowest BCUT2D eigenvalue weighted by Gasteiger charge is -2.12. The molecular weight excluding hydrogens is 311 g/mol. The Bertz CT molecular complexity index is 600. The summed E-state index contributed by atoms with van der Waals surface area (Å²) in [4.78, 5) is 16.0. The van der Waals surface area contributed by atoms with Crippen LogP contribution in [0, 0.1) is 5.92 Å². The molecule has 1 unspecified atom stereocenters. The summed E-state index contributed by atoms with van der Waals surface area (Å²) in [5.74, 6) is 0.106. The molecule has 0 aliphatic carbocycles. The van der Waals surface area contributed by atoms with Crippen molar-refractivity contribution >= 4 is 35.9 Å². The molecule has 1 atom stereocenters. The average molecular weight is 329 g/mol. The van der Waals surface area contributed by atoms with Crippen molar-refractivity contribution in [1.29, 1.82) is 0 Å². The Morgan fingerprint density at radius 1 is 1.48 bits per heavy atom. The fourth-order valence-electron chi connectivity index (χ4n) is 1.71. The standard InChI is InChI=1S/C14H17ClN4O.ClH/c1-10(8-16)13(20)18-14-17-6-7-19(14)9-11-4-2-3-5-12(11)15;/h2-7,10H,8-9,16H2,1H3,(H,17,18,20);1H. The van der Waals surface area contributed by atoms with Gasteiger partial charge in [0, 0.05) is 29.9 Å². The van der Waals surface area contributed by atoms with Gasteiger partial charge in [0.2, 0.25) is 11.9 Å². The molecule has 0 saturated carbocycles. The molecule has 3 N–H and O–H groups in total. The third kappa shape index (κ3) is 4.46. The number of amides is 1. The second-order valence-corrected chi connectivity index (χ2v) is 5.00. The van der Waals surface area contributed by atoms with Crippen molar-refractivity contribution in [2.24, 2.45) is 11.7 Å². The summed E-state index contributed by atoms with van der Waals surface area (Å²) in [6.45, 7) is 2.63. The largest absolute Gasteiger partial charge is 0.330 e. The maximum atomic E-state index is 11.8. The second kappa shape index (κ2) is 8.02. The van der Waals surface area contributed by atoms with Crippen LogP contribution in [-0.4, -0.2) is 22.0 Å². The number of nitrogens with zero attached hydrogens (tertiary/aromatic N) is 2. The van der Waals surface area contributed by atoms with Crippen LogP contribution in [0.5, 0.6) is 0 Å². The quantitative estimate of drug-likeness (QED) is 0.885. The molecule has 2 aromatic rings. The number of nitrogens with one attached hydrogen (secondary N) is 1. The molecule has 1 heterocycles. The van der Waals surface area contributed by atoms with E-state index in [1.807, 2.05) is 28.8 Å². The highest BCUT2D eigenvalue weighted by Gasteiger charge is 2.14. The van der Waals surface area contributed by atoms with Crippen molar-refractivity contribution in [2.45, 2.75) is 13.5 Å². The Labute approximate surface area is 134 Å². The van der Waals surface area contributed by atoms with Crippen molar-refractivity contribution < 1.29 is 4.79 Å². The van der Waals surface area contributed by atoms with Crippen molar-refractivity contribution in [3.05, 3.63) is 47.2 Å². The molecule has 1 aromatic carbocycles. The molecule has 0 bridgehead atoms. The van der Waals surface area contributed by atoms with E-state index in [4.69, 9.17) is 17.3 Å². The van der Waals surface area contributed by atoms with E-state index in [-0.39, 0.29) is 24.2 Å². The van der Waals surface area contributed by atoms with Crippen LogP contribution in [0.25, 0.3) is 0 Å². The Kier molecular flexibility index (Phi) is 6.68. The predicted octanol–water partition coefficient (Wildman–Crippen LogP) is 2.54. The maximum absolute atomic E-state index is 11.8. The van der Waals surface area contributed by atoms with E-state index >= 15 is 0 Å². The lowest BCUT2D eigenvalue weighted by Crippen LogP contribution is -2.28. The van der Waals surface area contributed by atoms with E-state index in [0.29, 0.717) is 24.1 Å². The van der Waals surface area contributed by atoms with E-state index in [0.717, 1.165) is 5.56 Å². The maximum Gasteiger partial charge on any atom is 0.230 e. The van der Waals surface area contributed by atoms with Gasteiger partial charge in [0.05, 0.1) is 6.54 Å². The van der Waals surface area contributed by atoms with Gasteiger partial charge in [-0.3, -0.25) is 10.1 Å². The lowest BCUT2D eigenvalue weighted by atomic mass is 10.2. The van der Waals surface area contributed by atoms with Crippen LogP contribution in [0.3, 0.4) is 0 Å². The summed E-state index contributed by atoms with van der Waals surface area (Å²) in [5, 5.41) is 3.46. The molecule has 0 saturated heterocycles. The number of carbonyl (C=O) groups is 1. The first-order chi connectivity index (χ1) is 9.61. The first-order valence-corrected chi connectivity index (χ1v) is 6.75. The van der Waals surface area contributed by atoms with E-state index in [2.05, 4.69) is 10.3 Å². The number of nitrogens with two attached hydrogens (primary N) is 1. The number of benzene rings is 1. The Hall–Kier alpha value is -1.56. The van der Waals surface area contributed by atoms with Crippen molar-refractivity contribution in [3.8, 4) is 0 Å². The second-order valence-electron chi connectivity index (χ2n) is 4.60. The van der Waals surface area contributed by atoms with Gasteiger partial charge in [0.1, 0.15) is 0 Å². The van der Waals surface area contributed by atoms with Gasteiger partial charge in [-0.05, 0) is 11.6 Å². The van der Waals surface area contributed by atoms with Crippen LogP contribution in [0.15, 0.2) is 36.7 Å². The topological polar surface area (TPSA) is 72.9 Å². The number of imidazole rings is 1. The minimum absolute atomic E-state index is 0. The van der Waals surface area contributed by atoms with Gasteiger partial charge < -0.3 is 10.3 Å². The van der Waals surface area contributed by atoms with Gasteiger partial charge >= 0.3 is 0 Å². The lowest BCUT2D eigenvalue weighted by molar-refractivity contribution is -0.119. The van der Waals surface area contributed by atoms with Gasteiger partial charge in [-0.15, -0.1) is 12.4 Å². The molecule has 0 fully saturated rings. The summed E-state index contributed by atoms with van der Waals surface area (Å²) in [6.07, 6.45) is 3.44. The molecule has 1 amide bonds. The Morgan fingerprint density at radius 3 is 2.86 bits per heavy atom. The number of aromatic nitrogens is 2. The number of anilines is 1. The average Bonchev–Trinajstić information content (AvgIpc) is 2.87. The molecular formula is C14H18Cl2N4O. The van der Waals surface area contributed by atoms with Crippen LogP contribution in [-0.2, 0) is 11.3 Å². The molecule has 21 heavy (non-hydrogen) atoms. The van der Waals surface area contributed by atoms with Crippen LogP contribution < -0.4 is 11.1 Å². The molecule has 114 valence electrons. The van der Waals surface area contributed by atoms with E-state index in [1.54, 1.807) is 19.3 Å². The van der Waals surface area contributed by atoms with Gasteiger partial charge in [-0.1, -0.05) is 36.7 Å². The summed E-state index contributed by atoms with van der Waals surface area (Å²) in [7, 11) is 0. The number of carbonyl (C=O) groups excluding carboxylic acids is 1. The number of hydrogen-bond acceptors (Lipinski definition) is 3. The highest BCUT2D eigenvalue weighted by atomic mass is 35.5. The molecule has 0 aliphatic rings. The van der Waals surface area contributed by atoms with E-state index in [9.17, 15) is 4.79 Å². The minimum Gasteiger partial charge on any atom is -0.330 e. The smallest absolute Gasteiger partial charge is 0.230 e. The summed E-state index contributed by atoms with van der Waals surface area (Å²) < 4.78 is 1.84. The molecule has 7 heteroatoms. The van der Waals surface area contributed by atoms with Crippen molar-refractivity contribution in [3.63, 3.8) is 0 Å². The number of hydrogen-bond donors (Lipinski definition) is 2. The van der Waals surface area contributed by atoms with Gasteiger partial charge in [-0.25, -0.2) is 4.98 Å². The third-order valence-corrected chi connectivity index (χ3v) is 3.42. The predicted molar refractivity (Wildman–Crippen MR) is 86.9 cm³/mol. The Balaban J connectivity index is 0.00000220. The first kappa shape index (κ1) is 17.5. The fraction of sp³-hybridized carbons (Fsp3) is 0.286. The van der Waals surface area contributed by atoms with Crippen LogP contribution in [0.2, 0.25) is 5.02 Å². The number of halogens is 2. The number of rotatable bonds is 5. The molecule has 0 aliphatic heterocycles. The normalized spacial score (nSPS) is 11.6. The van der Waals surface area contributed by atoms with Crippen molar-refractivity contribution in [1.82, 2.24) is 9.55 Å². The van der Waals surface area contributed by atoms with Gasteiger partial charge in [-0.2, -0.15) is 0 Å². The highest BCUT2D eigenvalue weighted by molar-refractivity contribution is 6.31. The van der Waals surface area contributed by atoms with Gasteiger partial charge in [0.25, 0.3) is 0 Å². The Morgan fingerprint density at radius 2 is 2.19 bits per heavy atom. The zero-order valence-electron chi connectivity index (χ0n) is 11.6. The molecule has 2 rings (SSSR count). The van der Waals surface area contributed by atoms with E-state index in [1.165, 1.54) is 0 Å². The highest BCUT2D eigenvalue weighted by Crippen LogP contribution is 2.18. The van der Waals surface area contributed by atoms with Crippen LogP contribution >= 0.6 is 24.0 Å². The minimum atomic E-state index is -0.250. The van der Waals surface area contributed by atoms with Gasteiger partial charge in [0.15, 0.2) is 0 Å². The van der Waals surface area contributed by atoms with E-state index < -0.39 is 0 Å². The van der Waals surface area contributed by atoms with Crippen molar-refractivity contribution in [2.75, 3.05) is 11.9 Å². The monoisotopic (exact) mass is 328 g/mol. The summed E-state index contributed by atoms with van der Waals surface area (Å²) in [6, 6.07) is 7.58. The fourth-order valence-corrected chi connectivity index (χ4v) is 1.91. The summed E-state index contributed by atoms with van der Waals surface area (Å²) >= 11 is 6.13. The third-order valence-electron chi connectivity index (χ3n) is 3.05. The first-order valence-electron chi connectivity index (χ1n) is 6.37. The zero-order chi connectivity index (χ0) is 14.5. The SMILES string of the molecule is CC(CN)C(=O)Nc1nccn1Cc1ccccc1Cl.Cl. The zero-order valence-corrected chi connectivity index (χ0v) is 13.2. The molecule has 0 radical (unpaired) electrons. The summed E-state index contributed by atoms with van der Waals surface area (Å²) in [5.41, 5.74) is 6.45. The van der Waals surface area contributed by atoms with Crippen LogP contribution in [0.1, 0.15) is 12.5 Å². The van der Waals surface area contributed by atoms with Crippen LogP contribution in [0.4, 0.5) is 5.95 Å².